The summed E-state index contributed by atoms with van der Waals surface area (Å²) in [5, 5.41) is 6.26. The fourth-order valence-corrected chi connectivity index (χ4v) is 2.87. The van der Waals surface area contributed by atoms with Gasteiger partial charge in [0.25, 0.3) is 5.91 Å². The Kier molecular flexibility index (Phi) is 5.42. The first-order valence-electron chi connectivity index (χ1n) is 9.86. The molecule has 1 amide bonds. The Hall–Kier alpha value is -3.41. The lowest BCUT2D eigenvalue weighted by Gasteiger charge is -2.12. The van der Waals surface area contributed by atoms with Crippen LogP contribution in [0, 0.1) is 0 Å². The summed E-state index contributed by atoms with van der Waals surface area (Å²) in [6, 6.07) is 19.3. The van der Waals surface area contributed by atoms with Crippen LogP contribution in [0.15, 0.2) is 60.7 Å². The van der Waals surface area contributed by atoms with Crippen molar-refractivity contribution in [3.63, 3.8) is 0 Å². The van der Waals surface area contributed by atoms with Gasteiger partial charge in [-0.15, -0.1) is 0 Å². The van der Waals surface area contributed by atoms with E-state index in [2.05, 4.69) is 20.6 Å². The summed E-state index contributed by atoms with van der Waals surface area (Å²) in [6.45, 7) is 3.98. The molecule has 0 bridgehead atoms. The molecule has 0 saturated heterocycles. The van der Waals surface area contributed by atoms with Crippen LogP contribution in [0.25, 0.3) is 11.4 Å². The van der Waals surface area contributed by atoms with Crippen molar-refractivity contribution in [2.24, 2.45) is 0 Å². The number of carbonyl (C=O) groups is 1. The van der Waals surface area contributed by atoms with Crippen LogP contribution in [-0.2, 0) is 0 Å². The van der Waals surface area contributed by atoms with Crippen LogP contribution in [0.2, 0.25) is 0 Å². The van der Waals surface area contributed by atoms with Crippen LogP contribution < -0.4 is 15.4 Å². The monoisotopic (exact) mass is 388 g/mol. The van der Waals surface area contributed by atoms with Crippen molar-refractivity contribution in [3.8, 4) is 17.1 Å². The van der Waals surface area contributed by atoms with Crippen LogP contribution in [0.5, 0.6) is 5.75 Å². The lowest BCUT2D eigenvalue weighted by atomic mass is 10.2. The smallest absolute Gasteiger partial charge is 0.270 e. The van der Waals surface area contributed by atoms with Gasteiger partial charge in [0.15, 0.2) is 5.82 Å². The highest BCUT2D eigenvalue weighted by Gasteiger charge is 2.25. The Labute approximate surface area is 170 Å². The number of amides is 1. The normalized spacial score (nSPS) is 13.2. The van der Waals surface area contributed by atoms with Crippen LogP contribution in [-0.4, -0.2) is 28.0 Å². The number of aromatic nitrogens is 2. The molecule has 3 aromatic rings. The van der Waals surface area contributed by atoms with Gasteiger partial charge in [0.05, 0.1) is 6.10 Å². The van der Waals surface area contributed by atoms with Crippen molar-refractivity contribution in [1.82, 2.24) is 15.3 Å². The topological polar surface area (TPSA) is 76.1 Å². The molecule has 0 radical (unpaired) electrons. The van der Waals surface area contributed by atoms with Crippen molar-refractivity contribution in [2.45, 2.75) is 38.8 Å². The van der Waals surface area contributed by atoms with E-state index in [1.807, 2.05) is 68.4 Å². The van der Waals surface area contributed by atoms with Gasteiger partial charge in [0.2, 0.25) is 0 Å². The molecule has 1 fully saturated rings. The van der Waals surface area contributed by atoms with Crippen LogP contribution in [0.3, 0.4) is 0 Å². The molecule has 29 heavy (non-hydrogen) atoms. The van der Waals surface area contributed by atoms with Gasteiger partial charge >= 0.3 is 0 Å². The van der Waals surface area contributed by atoms with Gasteiger partial charge in [-0.05, 0) is 51.0 Å². The van der Waals surface area contributed by atoms with Gasteiger partial charge in [0, 0.05) is 23.4 Å². The highest BCUT2D eigenvalue weighted by atomic mass is 16.5. The first-order chi connectivity index (χ1) is 14.1. The minimum absolute atomic E-state index is 0.122. The second-order valence-electron chi connectivity index (χ2n) is 7.39. The predicted octanol–water partition coefficient (Wildman–Crippen LogP) is 4.57. The maximum atomic E-state index is 12.6. The molecule has 1 heterocycles. The number of nitrogens with zero attached hydrogens (tertiary/aromatic N) is 2. The van der Waals surface area contributed by atoms with Gasteiger partial charge < -0.3 is 15.4 Å². The third-order valence-corrected chi connectivity index (χ3v) is 4.40. The molecule has 0 spiro atoms. The molecule has 0 atom stereocenters. The summed E-state index contributed by atoms with van der Waals surface area (Å²) in [4.78, 5) is 21.7. The van der Waals surface area contributed by atoms with E-state index in [0.717, 1.165) is 29.8 Å². The number of anilines is 2. The second-order valence-corrected chi connectivity index (χ2v) is 7.39. The number of hydrogen-bond donors (Lipinski definition) is 2. The number of carbonyl (C=O) groups excluding carboxylic acids is 1. The summed E-state index contributed by atoms with van der Waals surface area (Å²) in [6.07, 6.45) is 2.17. The van der Waals surface area contributed by atoms with E-state index in [0.29, 0.717) is 17.3 Å². The fourth-order valence-electron chi connectivity index (χ4n) is 2.87. The average molecular weight is 388 g/mol. The SMILES string of the molecule is CC(C)Oc1ccc(Nc2cc(C(=O)NC3CC3)nc(-c3ccccc3)n2)cc1. The molecule has 0 aliphatic heterocycles. The molecule has 2 N–H and O–H groups in total. The van der Waals surface area contributed by atoms with Gasteiger partial charge in [-0.2, -0.15) is 0 Å². The summed E-state index contributed by atoms with van der Waals surface area (Å²) < 4.78 is 5.68. The van der Waals surface area contributed by atoms with Crippen molar-refractivity contribution < 1.29 is 9.53 Å². The van der Waals surface area contributed by atoms with Gasteiger partial charge in [-0.25, -0.2) is 9.97 Å². The predicted molar refractivity (Wildman–Crippen MR) is 113 cm³/mol. The lowest BCUT2D eigenvalue weighted by molar-refractivity contribution is 0.0946. The van der Waals surface area contributed by atoms with E-state index >= 15 is 0 Å². The fraction of sp³-hybridized carbons (Fsp3) is 0.261. The minimum Gasteiger partial charge on any atom is -0.491 e. The highest BCUT2D eigenvalue weighted by molar-refractivity contribution is 5.94. The van der Waals surface area contributed by atoms with E-state index in [1.54, 1.807) is 6.07 Å². The number of benzene rings is 2. The molecular weight excluding hydrogens is 364 g/mol. The standard InChI is InChI=1S/C23H24N4O2/c1-15(2)29-19-12-10-17(11-13-19)24-21-14-20(23(28)25-18-8-9-18)26-22(27-21)16-6-4-3-5-7-16/h3-7,10-15,18H,8-9H2,1-2H3,(H,25,28)(H,24,26,27). The van der Waals surface area contributed by atoms with Crippen LogP contribution >= 0.6 is 0 Å². The Morgan fingerprint density at radius 3 is 2.41 bits per heavy atom. The molecule has 1 aliphatic carbocycles. The molecule has 1 aromatic heterocycles. The molecule has 148 valence electrons. The van der Waals surface area contributed by atoms with E-state index in [9.17, 15) is 4.79 Å². The largest absolute Gasteiger partial charge is 0.491 e. The molecule has 1 saturated carbocycles. The van der Waals surface area contributed by atoms with E-state index in [-0.39, 0.29) is 18.1 Å². The minimum atomic E-state index is -0.171. The number of ether oxygens (including phenoxy) is 1. The zero-order valence-electron chi connectivity index (χ0n) is 16.6. The van der Waals surface area contributed by atoms with Gasteiger partial charge in [-0.3, -0.25) is 4.79 Å². The maximum Gasteiger partial charge on any atom is 0.270 e. The maximum absolute atomic E-state index is 12.6. The molecule has 1 aliphatic rings. The van der Waals surface area contributed by atoms with Gasteiger partial charge in [-0.1, -0.05) is 30.3 Å². The third kappa shape index (κ3) is 5.10. The van der Waals surface area contributed by atoms with Crippen LogP contribution in [0.1, 0.15) is 37.2 Å². The first kappa shape index (κ1) is 18.9. The van der Waals surface area contributed by atoms with E-state index < -0.39 is 0 Å². The molecular formula is C23H24N4O2. The number of nitrogens with one attached hydrogen (secondary N) is 2. The molecule has 0 unspecified atom stereocenters. The molecule has 4 rings (SSSR count). The second kappa shape index (κ2) is 8.31. The van der Waals surface area contributed by atoms with E-state index in [4.69, 9.17) is 4.74 Å². The first-order valence-corrected chi connectivity index (χ1v) is 9.86. The zero-order chi connectivity index (χ0) is 20.2. The average Bonchev–Trinajstić information content (AvgIpc) is 3.53. The van der Waals surface area contributed by atoms with Crippen molar-refractivity contribution >= 4 is 17.4 Å². The van der Waals surface area contributed by atoms with Crippen molar-refractivity contribution in [1.29, 1.82) is 0 Å². The Morgan fingerprint density at radius 2 is 1.76 bits per heavy atom. The Balaban J connectivity index is 1.61. The van der Waals surface area contributed by atoms with E-state index in [1.165, 1.54) is 0 Å². The van der Waals surface area contributed by atoms with Crippen molar-refractivity contribution in [2.75, 3.05) is 5.32 Å². The molecule has 6 nitrogen and oxygen atoms in total. The summed E-state index contributed by atoms with van der Waals surface area (Å²) in [5.41, 5.74) is 2.07. The quantitative estimate of drug-likeness (QED) is 0.620. The summed E-state index contributed by atoms with van der Waals surface area (Å²) in [5.74, 6) is 1.71. The molecule has 6 heteroatoms. The highest BCUT2D eigenvalue weighted by Crippen LogP contribution is 2.24. The summed E-state index contributed by atoms with van der Waals surface area (Å²) >= 11 is 0. The number of rotatable bonds is 7. The lowest BCUT2D eigenvalue weighted by Crippen LogP contribution is -2.26. The van der Waals surface area contributed by atoms with Gasteiger partial charge in [0.1, 0.15) is 17.3 Å². The third-order valence-electron chi connectivity index (χ3n) is 4.40. The number of hydrogen-bond acceptors (Lipinski definition) is 5. The van der Waals surface area contributed by atoms with Crippen molar-refractivity contribution in [3.05, 3.63) is 66.4 Å². The Bertz CT molecular complexity index is 984. The zero-order valence-corrected chi connectivity index (χ0v) is 16.6. The van der Waals surface area contributed by atoms with Crippen LogP contribution in [0.4, 0.5) is 11.5 Å². The summed E-state index contributed by atoms with van der Waals surface area (Å²) in [7, 11) is 0. The Morgan fingerprint density at radius 1 is 1.03 bits per heavy atom. The molecule has 2 aromatic carbocycles.